The first kappa shape index (κ1) is 22.8. The van der Waals surface area contributed by atoms with Crippen LogP contribution in [0.4, 0.5) is 29.7 Å². The molecule has 2 heterocycles. The van der Waals surface area contributed by atoms with E-state index >= 15 is 0 Å². The Bertz CT molecular complexity index is 1290. The number of hydrogen-bond donors (Lipinski definition) is 2. The van der Waals surface area contributed by atoms with Crippen molar-refractivity contribution in [3.8, 4) is 11.3 Å². The summed E-state index contributed by atoms with van der Waals surface area (Å²) in [6.45, 7) is 0. The molecule has 2 aromatic heterocycles. The average Bonchev–Trinajstić information content (AvgIpc) is 3.27. The second-order valence-electron chi connectivity index (χ2n) is 6.84. The molecule has 0 fully saturated rings. The molecule has 2 N–H and O–H groups in total. The molecule has 4 aromatic rings. The van der Waals surface area contributed by atoms with Crippen LogP contribution in [-0.4, -0.2) is 22.1 Å². The minimum atomic E-state index is -4.41. The fraction of sp³-hybridized carbons (Fsp3) is 0.0870. The number of amides is 1. The third-order valence-electron chi connectivity index (χ3n) is 4.57. The monoisotopic (exact) mass is 486 g/mol. The Morgan fingerprint density at radius 3 is 2.55 bits per heavy atom. The molecule has 0 aliphatic heterocycles. The number of carbonyl (C=O) groups is 1. The second-order valence-corrected chi connectivity index (χ2v) is 8.49. The second kappa shape index (κ2) is 9.63. The maximum Gasteiger partial charge on any atom is 0.416 e. The van der Waals surface area contributed by atoms with Crippen molar-refractivity contribution in [2.75, 3.05) is 16.9 Å². The predicted molar refractivity (Wildman–Crippen MR) is 126 cm³/mol. The number of carbonyl (C=O) groups excluding carboxylic acids is 1. The minimum absolute atomic E-state index is 0.298. The molecule has 33 heavy (non-hydrogen) atoms. The molecule has 10 heteroatoms. The molecular weight excluding hydrogens is 469 g/mol. The van der Waals surface area contributed by atoms with Crippen molar-refractivity contribution in [2.24, 2.45) is 0 Å². The zero-order valence-electron chi connectivity index (χ0n) is 17.2. The SMILES string of the molecule is CSc1ncccc1C(=O)Nc1nc(-c2cccc(Nc3cccc(C(F)(F)F)c3)c2)cs1. The van der Waals surface area contributed by atoms with Gasteiger partial charge in [-0.15, -0.1) is 23.1 Å². The zero-order valence-corrected chi connectivity index (χ0v) is 18.8. The molecule has 0 bridgehead atoms. The third-order valence-corrected chi connectivity index (χ3v) is 6.04. The summed E-state index contributed by atoms with van der Waals surface area (Å²) in [6.07, 6.45) is -0.932. The van der Waals surface area contributed by atoms with Crippen molar-refractivity contribution in [3.05, 3.63) is 83.4 Å². The molecule has 0 aliphatic carbocycles. The van der Waals surface area contributed by atoms with Crippen LogP contribution in [0.25, 0.3) is 11.3 Å². The summed E-state index contributed by atoms with van der Waals surface area (Å²) in [6, 6.07) is 15.6. The van der Waals surface area contributed by atoms with E-state index in [0.717, 1.165) is 17.7 Å². The topological polar surface area (TPSA) is 66.9 Å². The normalized spacial score (nSPS) is 11.3. The van der Waals surface area contributed by atoms with E-state index in [0.29, 0.717) is 32.8 Å². The lowest BCUT2D eigenvalue weighted by Gasteiger charge is -2.11. The van der Waals surface area contributed by atoms with Gasteiger partial charge in [0.2, 0.25) is 0 Å². The molecule has 2 aromatic carbocycles. The third kappa shape index (κ3) is 5.52. The Kier molecular flexibility index (Phi) is 6.66. The van der Waals surface area contributed by atoms with Crippen LogP contribution in [0, 0.1) is 0 Å². The van der Waals surface area contributed by atoms with E-state index in [9.17, 15) is 18.0 Å². The van der Waals surface area contributed by atoms with E-state index in [1.54, 1.807) is 48.0 Å². The van der Waals surface area contributed by atoms with Crippen LogP contribution < -0.4 is 10.6 Å². The molecule has 0 saturated carbocycles. The highest BCUT2D eigenvalue weighted by molar-refractivity contribution is 7.98. The van der Waals surface area contributed by atoms with E-state index in [2.05, 4.69) is 20.6 Å². The van der Waals surface area contributed by atoms with Crippen LogP contribution in [-0.2, 0) is 6.18 Å². The van der Waals surface area contributed by atoms with E-state index in [1.165, 1.54) is 29.2 Å². The van der Waals surface area contributed by atoms with Crippen molar-refractivity contribution in [2.45, 2.75) is 11.2 Å². The summed E-state index contributed by atoms with van der Waals surface area (Å²) in [5.74, 6) is -0.298. The van der Waals surface area contributed by atoms with Gasteiger partial charge in [-0.3, -0.25) is 10.1 Å². The van der Waals surface area contributed by atoms with E-state index in [4.69, 9.17) is 0 Å². The van der Waals surface area contributed by atoms with Crippen molar-refractivity contribution in [1.82, 2.24) is 9.97 Å². The van der Waals surface area contributed by atoms with Gasteiger partial charge in [-0.05, 0) is 48.7 Å². The van der Waals surface area contributed by atoms with Crippen LogP contribution in [0.15, 0.2) is 77.3 Å². The highest BCUT2D eigenvalue weighted by Gasteiger charge is 2.30. The van der Waals surface area contributed by atoms with Gasteiger partial charge in [0.1, 0.15) is 5.03 Å². The van der Waals surface area contributed by atoms with Gasteiger partial charge in [-0.1, -0.05) is 18.2 Å². The zero-order chi connectivity index (χ0) is 23.4. The quantitative estimate of drug-likeness (QED) is 0.289. The number of nitrogens with one attached hydrogen (secondary N) is 2. The Labute approximate surface area is 196 Å². The summed E-state index contributed by atoms with van der Waals surface area (Å²) < 4.78 is 38.9. The number of rotatable bonds is 6. The first-order valence-electron chi connectivity index (χ1n) is 9.64. The molecule has 168 valence electrons. The lowest BCUT2D eigenvalue weighted by Crippen LogP contribution is -2.13. The predicted octanol–water partition coefficient (Wildman–Crippen LogP) is 6.94. The van der Waals surface area contributed by atoms with Gasteiger partial charge in [0.25, 0.3) is 5.91 Å². The van der Waals surface area contributed by atoms with Gasteiger partial charge in [0.05, 0.1) is 16.8 Å². The smallest absolute Gasteiger partial charge is 0.355 e. The Morgan fingerprint density at radius 1 is 1.03 bits per heavy atom. The van der Waals surface area contributed by atoms with Crippen molar-refractivity contribution < 1.29 is 18.0 Å². The minimum Gasteiger partial charge on any atom is -0.355 e. The first-order chi connectivity index (χ1) is 15.8. The molecule has 0 unspecified atom stereocenters. The Hall–Kier alpha value is -3.37. The van der Waals surface area contributed by atoms with Gasteiger partial charge < -0.3 is 5.32 Å². The Balaban J connectivity index is 1.50. The lowest BCUT2D eigenvalue weighted by molar-refractivity contribution is -0.137. The average molecular weight is 487 g/mol. The number of hydrogen-bond acceptors (Lipinski definition) is 6. The van der Waals surface area contributed by atoms with Crippen LogP contribution in [0.1, 0.15) is 15.9 Å². The molecule has 1 amide bonds. The van der Waals surface area contributed by atoms with E-state index in [1.807, 2.05) is 12.3 Å². The van der Waals surface area contributed by atoms with Crippen LogP contribution in [0.2, 0.25) is 0 Å². The van der Waals surface area contributed by atoms with Gasteiger partial charge in [0, 0.05) is 28.5 Å². The number of thiazole rings is 1. The summed E-state index contributed by atoms with van der Waals surface area (Å²) >= 11 is 2.66. The number of aromatic nitrogens is 2. The maximum absolute atomic E-state index is 13.0. The maximum atomic E-state index is 13.0. The van der Waals surface area contributed by atoms with E-state index in [-0.39, 0.29) is 5.91 Å². The van der Waals surface area contributed by atoms with Gasteiger partial charge in [0.15, 0.2) is 5.13 Å². The van der Waals surface area contributed by atoms with Gasteiger partial charge in [-0.25, -0.2) is 9.97 Å². The number of pyridine rings is 1. The van der Waals surface area contributed by atoms with Crippen LogP contribution >= 0.6 is 23.1 Å². The number of anilines is 3. The lowest BCUT2D eigenvalue weighted by atomic mass is 10.1. The highest BCUT2D eigenvalue weighted by atomic mass is 32.2. The number of thioether (sulfide) groups is 1. The van der Waals surface area contributed by atoms with Crippen LogP contribution in [0.3, 0.4) is 0 Å². The molecule has 0 spiro atoms. The summed E-state index contributed by atoms with van der Waals surface area (Å²) in [5.41, 5.74) is 2.09. The van der Waals surface area contributed by atoms with Crippen molar-refractivity contribution >= 4 is 45.5 Å². The number of benzene rings is 2. The van der Waals surface area contributed by atoms with Gasteiger partial charge >= 0.3 is 6.18 Å². The summed E-state index contributed by atoms with van der Waals surface area (Å²) in [7, 11) is 0. The molecule has 0 atom stereocenters. The number of alkyl halides is 3. The molecular formula is C23H17F3N4OS2. The van der Waals surface area contributed by atoms with Gasteiger partial charge in [-0.2, -0.15) is 13.2 Å². The Morgan fingerprint density at radius 2 is 1.79 bits per heavy atom. The molecule has 0 aliphatic rings. The number of nitrogens with zero attached hydrogens (tertiary/aromatic N) is 2. The molecule has 4 rings (SSSR count). The molecule has 0 radical (unpaired) electrons. The summed E-state index contributed by atoms with van der Waals surface area (Å²) in [4.78, 5) is 21.3. The largest absolute Gasteiger partial charge is 0.416 e. The highest BCUT2D eigenvalue weighted by Crippen LogP contribution is 2.32. The fourth-order valence-corrected chi connectivity index (χ4v) is 4.31. The molecule has 5 nitrogen and oxygen atoms in total. The van der Waals surface area contributed by atoms with E-state index < -0.39 is 11.7 Å². The van der Waals surface area contributed by atoms with Crippen molar-refractivity contribution in [3.63, 3.8) is 0 Å². The number of halogens is 3. The fourth-order valence-electron chi connectivity index (χ4n) is 3.05. The van der Waals surface area contributed by atoms with Crippen LogP contribution in [0.5, 0.6) is 0 Å². The first-order valence-corrected chi connectivity index (χ1v) is 11.7. The van der Waals surface area contributed by atoms with Crippen molar-refractivity contribution in [1.29, 1.82) is 0 Å². The standard InChI is InChI=1S/C23H17F3N4OS2/c1-32-21-18(9-4-10-27-21)20(31)30-22-29-19(13-33-22)14-5-2-7-16(11-14)28-17-8-3-6-15(12-17)23(24,25)26/h2-13,28H,1H3,(H,29,30,31). The summed E-state index contributed by atoms with van der Waals surface area (Å²) in [5, 5.41) is 8.65. The molecule has 0 saturated heterocycles.